The highest BCUT2D eigenvalue weighted by molar-refractivity contribution is 8.20. The summed E-state index contributed by atoms with van der Waals surface area (Å²) < 4.78 is 35.2. The Balaban J connectivity index is 1.59. The summed E-state index contributed by atoms with van der Waals surface area (Å²) in [6.45, 7) is 1.67. The van der Waals surface area contributed by atoms with Crippen LogP contribution in [0, 0.1) is 6.92 Å². The van der Waals surface area contributed by atoms with Crippen molar-refractivity contribution in [3.05, 3.63) is 89.1 Å². The number of aryl methyl sites for hydroxylation is 2. The molecule has 4 rings (SSSR count). The van der Waals surface area contributed by atoms with Crippen molar-refractivity contribution >= 4 is 62.2 Å². The molecule has 8 nitrogen and oxygen atoms in total. The summed E-state index contributed by atoms with van der Waals surface area (Å²) in [4.78, 5) is 24.9. The van der Waals surface area contributed by atoms with Gasteiger partial charge in [-0.2, -0.15) is 12.6 Å². The highest BCUT2D eigenvalue weighted by Crippen LogP contribution is 2.30. The van der Waals surface area contributed by atoms with E-state index < -0.39 is 15.9 Å². The average molecular weight is 570 g/mol. The lowest BCUT2D eigenvalue weighted by molar-refractivity contribution is 0.0981. The van der Waals surface area contributed by atoms with Crippen LogP contribution in [0.3, 0.4) is 0 Å². The minimum absolute atomic E-state index is 0.0488. The van der Waals surface area contributed by atoms with E-state index in [9.17, 15) is 18.0 Å². The third-order valence-electron chi connectivity index (χ3n) is 6.05. The zero-order valence-electron chi connectivity index (χ0n) is 21.0. The molecule has 0 saturated heterocycles. The van der Waals surface area contributed by atoms with Crippen LogP contribution in [0.4, 0.5) is 10.5 Å². The number of amides is 2. The molecule has 0 aliphatic heterocycles. The van der Waals surface area contributed by atoms with Crippen molar-refractivity contribution in [2.75, 3.05) is 17.5 Å². The van der Waals surface area contributed by atoms with Gasteiger partial charge in [-0.3, -0.25) is 9.59 Å². The number of hydrogen-bond acceptors (Lipinski definition) is 7. The monoisotopic (exact) mass is 569 g/mol. The van der Waals surface area contributed by atoms with Gasteiger partial charge in [0.1, 0.15) is 5.75 Å². The molecule has 0 radical (unpaired) electrons. The first-order chi connectivity index (χ1) is 18.1. The average Bonchev–Trinajstić information content (AvgIpc) is 3.18. The molecule has 0 unspecified atom stereocenters. The van der Waals surface area contributed by atoms with E-state index in [1.165, 1.54) is 19.2 Å². The van der Waals surface area contributed by atoms with Crippen LogP contribution in [0.25, 0.3) is 10.9 Å². The summed E-state index contributed by atoms with van der Waals surface area (Å²) in [6, 6.07) is 17.0. The number of ether oxygens (including phenoxy) is 1. The fraction of sp³-hybridized carbons (Fsp3) is 0.185. The third-order valence-corrected chi connectivity index (χ3v) is 8.43. The summed E-state index contributed by atoms with van der Waals surface area (Å²) in [6.07, 6.45) is 2.50. The number of carbonyl (C=O) groups is 2. The van der Waals surface area contributed by atoms with Crippen LogP contribution in [0.15, 0.2) is 71.8 Å². The Morgan fingerprint density at radius 1 is 1.05 bits per heavy atom. The number of aromatic nitrogens is 1. The fourth-order valence-corrected chi connectivity index (χ4v) is 6.12. The van der Waals surface area contributed by atoms with Crippen molar-refractivity contribution in [2.24, 2.45) is 7.05 Å². The number of anilines is 1. The SMILES string of the molecule is COc1cc(C(=O)NS(=O)(=O)c2ccccc2C)ccc1Cc1cn(C)c2ccc(NC(=O)SCS)cc12. The van der Waals surface area contributed by atoms with Gasteiger partial charge in [-0.1, -0.05) is 36.0 Å². The van der Waals surface area contributed by atoms with Gasteiger partial charge in [-0.05, 0) is 60.0 Å². The number of thioether (sulfide) groups is 1. The number of sulfonamides is 1. The molecule has 38 heavy (non-hydrogen) atoms. The van der Waals surface area contributed by atoms with Gasteiger partial charge < -0.3 is 14.6 Å². The van der Waals surface area contributed by atoms with Crippen molar-refractivity contribution in [3.8, 4) is 5.75 Å². The summed E-state index contributed by atoms with van der Waals surface area (Å²) in [5.74, 6) is -0.291. The van der Waals surface area contributed by atoms with Gasteiger partial charge in [0.05, 0.1) is 12.0 Å². The van der Waals surface area contributed by atoms with Gasteiger partial charge in [-0.15, -0.1) is 0 Å². The Kier molecular flexibility index (Phi) is 8.39. The maximum absolute atomic E-state index is 12.8. The van der Waals surface area contributed by atoms with Crippen LogP contribution in [-0.2, 0) is 23.5 Å². The fourth-order valence-electron chi connectivity index (χ4n) is 4.24. The van der Waals surface area contributed by atoms with Crippen LogP contribution in [-0.4, -0.2) is 36.3 Å². The van der Waals surface area contributed by atoms with Crippen molar-refractivity contribution in [3.63, 3.8) is 0 Å². The largest absolute Gasteiger partial charge is 0.496 e. The van der Waals surface area contributed by atoms with E-state index >= 15 is 0 Å². The number of carbonyl (C=O) groups excluding carboxylic acids is 2. The number of rotatable bonds is 8. The van der Waals surface area contributed by atoms with Crippen LogP contribution in [0.2, 0.25) is 0 Å². The minimum Gasteiger partial charge on any atom is -0.496 e. The molecule has 0 atom stereocenters. The van der Waals surface area contributed by atoms with Crippen molar-refractivity contribution in [2.45, 2.75) is 18.2 Å². The molecule has 1 aromatic heterocycles. The minimum atomic E-state index is -4.03. The van der Waals surface area contributed by atoms with E-state index in [4.69, 9.17) is 4.74 Å². The van der Waals surface area contributed by atoms with Crippen LogP contribution < -0.4 is 14.8 Å². The van der Waals surface area contributed by atoms with Gasteiger partial charge in [0.25, 0.3) is 21.2 Å². The molecular weight excluding hydrogens is 543 g/mol. The maximum Gasteiger partial charge on any atom is 0.284 e. The van der Waals surface area contributed by atoms with Gasteiger partial charge >= 0.3 is 0 Å². The Morgan fingerprint density at radius 2 is 1.82 bits per heavy atom. The first-order valence-corrected chi connectivity index (χ1v) is 14.7. The number of hydrogen-bond donors (Lipinski definition) is 3. The molecule has 0 bridgehead atoms. The van der Waals surface area contributed by atoms with E-state index in [1.54, 1.807) is 37.3 Å². The molecule has 198 valence electrons. The summed E-state index contributed by atoms with van der Waals surface area (Å²) in [7, 11) is -0.588. The molecule has 2 amide bonds. The molecule has 0 spiro atoms. The van der Waals surface area contributed by atoms with E-state index in [1.807, 2.05) is 36.0 Å². The predicted octanol–water partition coefficient (Wildman–Crippen LogP) is 5.36. The number of benzene rings is 3. The van der Waals surface area contributed by atoms with E-state index in [0.29, 0.717) is 28.5 Å². The highest BCUT2D eigenvalue weighted by Gasteiger charge is 2.21. The zero-order chi connectivity index (χ0) is 27.4. The molecule has 3 aromatic carbocycles. The Morgan fingerprint density at radius 3 is 2.53 bits per heavy atom. The number of nitrogens with one attached hydrogen (secondary N) is 2. The van der Waals surface area contributed by atoms with Gasteiger partial charge in [0.2, 0.25) is 0 Å². The second-order valence-corrected chi connectivity index (χ2v) is 11.9. The molecule has 11 heteroatoms. The standard InChI is InChI=1S/C27H27N3O5S3/c1-17-6-4-5-7-25(17)38(33,34)29-26(31)19-9-8-18(24(13-19)35-3)12-20-15-30(2)23-11-10-21(14-22(20)23)28-27(32)37-16-36/h4-11,13-15,36H,12,16H2,1-3H3,(H,28,32)(H,29,31). The quantitative estimate of drug-likeness (QED) is 0.195. The second kappa shape index (κ2) is 11.5. The molecule has 0 aliphatic carbocycles. The second-order valence-electron chi connectivity index (χ2n) is 8.59. The molecule has 4 aromatic rings. The lowest BCUT2D eigenvalue weighted by Crippen LogP contribution is -2.31. The summed E-state index contributed by atoms with van der Waals surface area (Å²) >= 11 is 5.15. The van der Waals surface area contributed by atoms with Crippen LogP contribution in [0.1, 0.15) is 27.0 Å². The highest BCUT2D eigenvalue weighted by atomic mass is 32.2. The van der Waals surface area contributed by atoms with Gasteiger partial charge in [-0.25, -0.2) is 13.1 Å². The zero-order valence-corrected chi connectivity index (χ0v) is 23.5. The molecule has 2 N–H and O–H groups in total. The summed E-state index contributed by atoms with van der Waals surface area (Å²) in [5, 5.41) is 4.03. The normalized spacial score (nSPS) is 11.4. The van der Waals surface area contributed by atoms with E-state index in [-0.39, 0.29) is 15.7 Å². The lowest BCUT2D eigenvalue weighted by atomic mass is 10.0. The number of methoxy groups -OCH3 is 1. The van der Waals surface area contributed by atoms with Crippen LogP contribution >= 0.6 is 24.4 Å². The van der Waals surface area contributed by atoms with Crippen molar-refractivity contribution in [1.29, 1.82) is 0 Å². The summed E-state index contributed by atoms with van der Waals surface area (Å²) in [5.41, 5.74) is 4.19. The Hall–Kier alpha value is -3.41. The first kappa shape index (κ1) is 27.6. The molecular formula is C27H27N3O5S3. The smallest absolute Gasteiger partial charge is 0.284 e. The molecule has 0 aliphatic rings. The first-order valence-electron chi connectivity index (χ1n) is 11.5. The van der Waals surface area contributed by atoms with Gasteiger partial charge in [0.15, 0.2) is 0 Å². The predicted molar refractivity (Wildman–Crippen MR) is 155 cm³/mol. The maximum atomic E-state index is 12.8. The molecule has 0 saturated carbocycles. The Labute approximate surface area is 231 Å². The Bertz CT molecular complexity index is 1630. The van der Waals surface area contributed by atoms with Crippen LogP contribution in [0.5, 0.6) is 5.75 Å². The number of nitrogens with zero attached hydrogens (tertiary/aromatic N) is 1. The van der Waals surface area contributed by atoms with E-state index in [0.717, 1.165) is 33.8 Å². The third kappa shape index (κ3) is 6.01. The van der Waals surface area contributed by atoms with E-state index in [2.05, 4.69) is 22.7 Å². The van der Waals surface area contributed by atoms with Gasteiger partial charge in [0, 0.05) is 46.9 Å². The molecule has 1 heterocycles. The number of fused-ring (bicyclic) bond motifs is 1. The number of thiol groups is 1. The lowest BCUT2D eigenvalue weighted by Gasteiger charge is -2.12. The van der Waals surface area contributed by atoms with Crippen molar-refractivity contribution in [1.82, 2.24) is 9.29 Å². The van der Waals surface area contributed by atoms with Crippen molar-refractivity contribution < 1.29 is 22.7 Å². The topological polar surface area (TPSA) is 106 Å². The molecule has 0 fully saturated rings.